The molecule has 140 valence electrons. The van der Waals surface area contributed by atoms with Gasteiger partial charge in [-0.05, 0) is 37.6 Å². The van der Waals surface area contributed by atoms with Crippen molar-refractivity contribution in [2.45, 2.75) is 19.8 Å². The average Bonchev–Trinajstić information content (AvgIpc) is 3.08. The first-order chi connectivity index (χ1) is 13.1. The number of methoxy groups -OCH3 is 2. The number of rotatable bonds is 7. The van der Waals surface area contributed by atoms with Crippen LogP contribution in [-0.2, 0) is 12.8 Å². The SMILES string of the molecule is COc1ccc(NC(=O)c2sc(CCc3ccccn3)nc2C)cc1OC. The number of aryl methyl sites for hydroxylation is 3. The quantitative estimate of drug-likeness (QED) is 0.670. The molecule has 2 aromatic heterocycles. The van der Waals surface area contributed by atoms with E-state index < -0.39 is 0 Å². The number of carbonyl (C=O) groups excluding carboxylic acids is 1. The van der Waals surface area contributed by atoms with Gasteiger partial charge in [-0.3, -0.25) is 9.78 Å². The third kappa shape index (κ3) is 4.62. The second kappa shape index (κ2) is 8.64. The van der Waals surface area contributed by atoms with Crippen LogP contribution in [0.3, 0.4) is 0 Å². The maximum atomic E-state index is 12.7. The average molecular weight is 383 g/mol. The van der Waals surface area contributed by atoms with E-state index in [1.54, 1.807) is 38.6 Å². The lowest BCUT2D eigenvalue weighted by Crippen LogP contribution is -2.11. The first kappa shape index (κ1) is 18.8. The number of nitrogens with one attached hydrogen (secondary N) is 1. The molecule has 0 fully saturated rings. The second-order valence-electron chi connectivity index (χ2n) is 5.87. The summed E-state index contributed by atoms with van der Waals surface area (Å²) < 4.78 is 10.5. The van der Waals surface area contributed by atoms with E-state index in [2.05, 4.69) is 15.3 Å². The minimum absolute atomic E-state index is 0.179. The van der Waals surface area contributed by atoms with E-state index in [1.165, 1.54) is 11.3 Å². The van der Waals surface area contributed by atoms with Gasteiger partial charge in [0.15, 0.2) is 11.5 Å². The van der Waals surface area contributed by atoms with Crippen molar-refractivity contribution in [3.63, 3.8) is 0 Å². The maximum Gasteiger partial charge on any atom is 0.267 e. The lowest BCUT2D eigenvalue weighted by molar-refractivity contribution is 0.103. The fourth-order valence-electron chi connectivity index (χ4n) is 2.65. The summed E-state index contributed by atoms with van der Waals surface area (Å²) in [6.07, 6.45) is 3.33. The number of amides is 1. The number of anilines is 1. The third-order valence-electron chi connectivity index (χ3n) is 4.01. The molecule has 3 rings (SSSR count). The largest absolute Gasteiger partial charge is 0.493 e. The number of pyridine rings is 1. The Labute approximate surface area is 162 Å². The summed E-state index contributed by atoms with van der Waals surface area (Å²) in [4.78, 5) is 22.1. The molecule has 0 bridgehead atoms. The van der Waals surface area contributed by atoms with E-state index in [0.29, 0.717) is 22.1 Å². The smallest absolute Gasteiger partial charge is 0.267 e. The van der Waals surface area contributed by atoms with Crippen LogP contribution in [-0.4, -0.2) is 30.1 Å². The van der Waals surface area contributed by atoms with Crippen molar-refractivity contribution < 1.29 is 14.3 Å². The van der Waals surface area contributed by atoms with Crippen LogP contribution in [0.25, 0.3) is 0 Å². The standard InChI is InChI=1S/C20H21N3O3S/c1-13-19(27-18(22-13)10-8-14-6-4-5-11-21-14)20(24)23-15-7-9-16(25-2)17(12-15)26-3/h4-7,9,11-12H,8,10H2,1-3H3,(H,23,24). The van der Waals surface area contributed by atoms with Crippen molar-refractivity contribution >= 4 is 22.9 Å². The Morgan fingerprint density at radius 2 is 1.93 bits per heavy atom. The minimum Gasteiger partial charge on any atom is -0.493 e. The lowest BCUT2D eigenvalue weighted by Gasteiger charge is -2.10. The van der Waals surface area contributed by atoms with Crippen molar-refractivity contribution in [2.24, 2.45) is 0 Å². The molecule has 3 aromatic rings. The van der Waals surface area contributed by atoms with E-state index >= 15 is 0 Å². The van der Waals surface area contributed by atoms with E-state index in [-0.39, 0.29) is 5.91 Å². The van der Waals surface area contributed by atoms with Crippen LogP contribution in [0, 0.1) is 6.92 Å². The van der Waals surface area contributed by atoms with Gasteiger partial charge in [0, 0.05) is 30.1 Å². The molecule has 0 atom stereocenters. The van der Waals surface area contributed by atoms with Crippen LogP contribution < -0.4 is 14.8 Å². The highest BCUT2D eigenvalue weighted by atomic mass is 32.1. The Kier molecular flexibility index (Phi) is 6.03. The van der Waals surface area contributed by atoms with Crippen molar-refractivity contribution in [1.29, 1.82) is 0 Å². The molecule has 1 aromatic carbocycles. The number of thiazole rings is 1. The number of carbonyl (C=O) groups is 1. The summed E-state index contributed by atoms with van der Waals surface area (Å²) in [5, 5.41) is 3.82. The summed E-state index contributed by atoms with van der Waals surface area (Å²) in [5.74, 6) is 0.995. The van der Waals surface area contributed by atoms with Gasteiger partial charge in [0.2, 0.25) is 0 Å². The van der Waals surface area contributed by atoms with Gasteiger partial charge in [-0.2, -0.15) is 0 Å². The van der Waals surface area contributed by atoms with Gasteiger partial charge in [0.05, 0.1) is 24.9 Å². The molecule has 0 aliphatic carbocycles. The Balaban J connectivity index is 1.69. The number of hydrogen-bond acceptors (Lipinski definition) is 6. The normalized spacial score (nSPS) is 10.5. The lowest BCUT2D eigenvalue weighted by atomic mass is 10.2. The molecule has 0 unspecified atom stereocenters. The van der Waals surface area contributed by atoms with Gasteiger partial charge in [0.1, 0.15) is 4.88 Å². The van der Waals surface area contributed by atoms with Crippen LogP contribution >= 0.6 is 11.3 Å². The zero-order valence-electron chi connectivity index (χ0n) is 15.5. The fraction of sp³-hybridized carbons (Fsp3) is 0.250. The topological polar surface area (TPSA) is 73.3 Å². The Bertz CT molecular complexity index is 925. The van der Waals surface area contributed by atoms with Crippen molar-refractivity contribution in [1.82, 2.24) is 9.97 Å². The zero-order valence-corrected chi connectivity index (χ0v) is 16.3. The molecule has 2 heterocycles. The first-order valence-electron chi connectivity index (χ1n) is 8.50. The third-order valence-corrected chi connectivity index (χ3v) is 5.23. The highest BCUT2D eigenvalue weighted by molar-refractivity contribution is 7.13. The van der Waals surface area contributed by atoms with Crippen molar-refractivity contribution in [2.75, 3.05) is 19.5 Å². The monoisotopic (exact) mass is 383 g/mol. The predicted octanol–water partition coefficient (Wildman–Crippen LogP) is 3.90. The summed E-state index contributed by atoms with van der Waals surface area (Å²) >= 11 is 1.42. The van der Waals surface area contributed by atoms with E-state index in [0.717, 1.165) is 29.2 Å². The van der Waals surface area contributed by atoms with Gasteiger partial charge < -0.3 is 14.8 Å². The maximum absolute atomic E-state index is 12.7. The van der Waals surface area contributed by atoms with Crippen LogP contribution in [0.15, 0.2) is 42.6 Å². The number of hydrogen-bond donors (Lipinski definition) is 1. The molecule has 6 nitrogen and oxygen atoms in total. The highest BCUT2D eigenvalue weighted by Gasteiger charge is 2.16. The molecule has 0 aliphatic heterocycles. The molecular formula is C20H21N3O3S. The molecular weight excluding hydrogens is 362 g/mol. The Hall–Kier alpha value is -2.93. The van der Waals surface area contributed by atoms with Gasteiger partial charge in [0.25, 0.3) is 5.91 Å². The minimum atomic E-state index is -0.179. The van der Waals surface area contributed by atoms with E-state index in [1.807, 2.05) is 25.1 Å². The molecule has 0 aliphatic rings. The molecule has 0 saturated heterocycles. The number of aromatic nitrogens is 2. The van der Waals surface area contributed by atoms with Crippen LogP contribution in [0.1, 0.15) is 26.1 Å². The molecule has 0 radical (unpaired) electrons. The molecule has 0 spiro atoms. The zero-order chi connectivity index (χ0) is 19.2. The van der Waals surface area contributed by atoms with E-state index in [9.17, 15) is 4.79 Å². The summed E-state index contributed by atoms with van der Waals surface area (Å²) in [6, 6.07) is 11.1. The predicted molar refractivity (Wildman–Crippen MR) is 106 cm³/mol. The van der Waals surface area contributed by atoms with Gasteiger partial charge in [-0.25, -0.2) is 4.98 Å². The van der Waals surface area contributed by atoms with Crippen LogP contribution in [0.4, 0.5) is 5.69 Å². The summed E-state index contributed by atoms with van der Waals surface area (Å²) in [6.45, 7) is 1.85. The molecule has 0 saturated carbocycles. The van der Waals surface area contributed by atoms with E-state index in [4.69, 9.17) is 9.47 Å². The number of ether oxygens (including phenoxy) is 2. The Morgan fingerprint density at radius 3 is 2.63 bits per heavy atom. The van der Waals surface area contributed by atoms with Gasteiger partial charge in [-0.1, -0.05) is 6.07 Å². The molecule has 1 N–H and O–H groups in total. The van der Waals surface area contributed by atoms with Crippen molar-refractivity contribution in [3.8, 4) is 11.5 Å². The molecule has 7 heteroatoms. The Morgan fingerprint density at radius 1 is 1.11 bits per heavy atom. The summed E-state index contributed by atoms with van der Waals surface area (Å²) in [5.41, 5.74) is 2.39. The van der Waals surface area contributed by atoms with Crippen LogP contribution in [0.2, 0.25) is 0 Å². The highest BCUT2D eigenvalue weighted by Crippen LogP contribution is 2.30. The van der Waals surface area contributed by atoms with Crippen molar-refractivity contribution in [3.05, 3.63) is 63.9 Å². The number of benzene rings is 1. The first-order valence-corrected chi connectivity index (χ1v) is 9.32. The molecule has 27 heavy (non-hydrogen) atoms. The molecule has 1 amide bonds. The van der Waals surface area contributed by atoms with Crippen LogP contribution in [0.5, 0.6) is 11.5 Å². The van der Waals surface area contributed by atoms with Gasteiger partial charge >= 0.3 is 0 Å². The fourth-order valence-corrected chi connectivity index (χ4v) is 3.61. The van der Waals surface area contributed by atoms with Gasteiger partial charge in [-0.15, -0.1) is 11.3 Å². The second-order valence-corrected chi connectivity index (χ2v) is 6.95. The summed E-state index contributed by atoms with van der Waals surface area (Å²) in [7, 11) is 3.13. The number of nitrogens with zero attached hydrogens (tertiary/aromatic N) is 2.